The van der Waals surface area contributed by atoms with Crippen molar-refractivity contribution in [2.45, 2.75) is 27.7 Å². The minimum Gasteiger partial charge on any atom is -0.470 e. The summed E-state index contributed by atoms with van der Waals surface area (Å²) in [6.07, 6.45) is 1.66. The van der Waals surface area contributed by atoms with E-state index in [1.54, 1.807) is 6.26 Å². The fourth-order valence-corrected chi connectivity index (χ4v) is 1.50. The molecule has 0 aliphatic rings. The molecule has 17 heavy (non-hydrogen) atoms. The largest absolute Gasteiger partial charge is 0.470 e. The van der Waals surface area contributed by atoms with Crippen molar-refractivity contribution in [3.63, 3.8) is 0 Å². The van der Waals surface area contributed by atoms with Gasteiger partial charge in [0.2, 0.25) is 0 Å². The molecule has 2 aromatic rings. The first-order valence-corrected chi connectivity index (χ1v) is 6.46. The molecular weight excluding hydrogens is 327 g/mol. The summed E-state index contributed by atoms with van der Waals surface area (Å²) in [5.41, 5.74) is 1.17. The quantitative estimate of drug-likeness (QED) is 0.651. The monoisotopic (exact) mass is 346 g/mol. The van der Waals surface area contributed by atoms with Gasteiger partial charge in [-0.1, -0.05) is 32.0 Å². The number of aryl methyl sites for hydroxylation is 2. The molecule has 0 unspecified atom stereocenters. The molecule has 0 aliphatic heterocycles. The molecular formula is C14H19IO2. The van der Waals surface area contributed by atoms with Crippen LogP contribution in [0.4, 0.5) is 0 Å². The lowest BCUT2D eigenvalue weighted by molar-refractivity contribution is 0.534. The zero-order valence-electron chi connectivity index (χ0n) is 10.7. The highest BCUT2D eigenvalue weighted by Gasteiger charge is 1.92. The Hall–Kier alpha value is -0.970. The Balaban J connectivity index is 0.000000278. The Bertz CT molecular complexity index is 383. The maximum Gasteiger partial charge on any atom is 0.192 e. The molecule has 94 valence electrons. The van der Waals surface area contributed by atoms with Gasteiger partial charge in [0, 0.05) is 0 Å². The summed E-state index contributed by atoms with van der Waals surface area (Å²) in [6, 6.07) is 11.7. The number of halogens is 1. The first-order valence-electron chi connectivity index (χ1n) is 5.58. The predicted octanol–water partition coefficient (Wildman–Crippen LogP) is 5.34. The van der Waals surface area contributed by atoms with Crippen LogP contribution in [-0.2, 0) is 0 Å². The normalized spacial score (nSPS) is 8.29. The molecule has 0 N–H and O–H groups in total. The summed E-state index contributed by atoms with van der Waals surface area (Å²) in [5, 5.41) is 0. The zero-order valence-corrected chi connectivity index (χ0v) is 12.9. The molecule has 1 heterocycles. The molecule has 0 bridgehead atoms. The smallest absolute Gasteiger partial charge is 0.192 e. The fourth-order valence-electron chi connectivity index (χ4n) is 1.00. The van der Waals surface area contributed by atoms with Crippen molar-refractivity contribution in [3.8, 4) is 5.75 Å². The SMILES string of the molecule is CC.Cc1ccccc1OI.Cc1ccco1. The van der Waals surface area contributed by atoms with Crippen LogP contribution in [0.3, 0.4) is 0 Å². The third kappa shape index (κ3) is 7.05. The minimum absolute atomic E-state index is 0.943. The number of furan rings is 1. The van der Waals surface area contributed by atoms with Crippen molar-refractivity contribution >= 4 is 23.0 Å². The van der Waals surface area contributed by atoms with Crippen LogP contribution in [0.1, 0.15) is 25.2 Å². The Labute approximate surface area is 118 Å². The Morgan fingerprint density at radius 1 is 1.00 bits per heavy atom. The van der Waals surface area contributed by atoms with E-state index < -0.39 is 0 Å². The van der Waals surface area contributed by atoms with Crippen LogP contribution in [-0.4, -0.2) is 0 Å². The molecule has 0 spiro atoms. The van der Waals surface area contributed by atoms with Gasteiger partial charge in [-0.05, 0) is 37.6 Å². The second-order valence-corrected chi connectivity index (χ2v) is 3.51. The van der Waals surface area contributed by atoms with Gasteiger partial charge in [-0.3, -0.25) is 0 Å². The summed E-state index contributed by atoms with van der Waals surface area (Å²) in [7, 11) is 0. The van der Waals surface area contributed by atoms with E-state index in [0.29, 0.717) is 0 Å². The third-order valence-corrected chi connectivity index (χ3v) is 2.31. The lowest BCUT2D eigenvalue weighted by Crippen LogP contribution is -1.77. The van der Waals surface area contributed by atoms with Crippen LogP contribution >= 0.6 is 23.0 Å². The number of hydrogen-bond donors (Lipinski definition) is 0. The zero-order chi connectivity index (χ0) is 13.1. The maximum atomic E-state index is 5.01. The van der Waals surface area contributed by atoms with Gasteiger partial charge in [-0.15, -0.1) is 0 Å². The van der Waals surface area contributed by atoms with E-state index >= 15 is 0 Å². The minimum atomic E-state index is 0.943. The summed E-state index contributed by atoms with van der Waals surface area (Å²) >= 11 is 1.88. The van der Waals surface area contributed by atoms with E-state index in [1.807, 2.05) is 87.1 Å². The molecule has 0 aliphatic carbocycles. The van der Waals surface area contributed by atoms with Crippen molar-refractivity contribution in [1.29, 1.82) is 0 Å². The van der Waals surface area contributed by atoms with Crippen LogP contribution in [0.2, 0.25) is 0 Å². The van der Waals surface area contributed by atoms with E-state index in [4.69, 9.17) is 7.48 Å². The standard InChI is InChI=1S/C7H7IO.C5H6O.C2H6/c1-6-4-2-3-5-7(6)9-8;1-5-3-2-4-6-5;1-2/h2-5H,1H3;2-4H,1H3;1-2H3. The Morgan fingerprint density at radius 2 is 1.65 bits per heavy atom. The maximum absolute atomic E-state index is 5.01. The van der Waals surface area contributed by atoms with Crippen LogP contribution in [0.15, 0.2) is 47.1 Å². The van der Waals surface area contributed by atoms with E-state index in [0.717, 1.165) is 11.5 Å². The van der Waals surface area contributed by atoms with Crippen molar-refractivity contribution in [2.75, 3.05) is 0 Å². The second kappa shape index (κ2) is 10.2. The molecule has 0 amide bonds. The molecule has 0 atom stereocenters. The van der Waals surface area contributed by atoms with Gasteiger partial charge in [0.05, 0.1) is 6.26 Å². The van der Waals surface area contributed by atoms with Gasteiger partial charge < -0.3 is 7.48 Å². The average Bonchev–Trinajstić information content (AvgIpc) is 2.84. The van der Waals surface area contributed by atoms with Gasteiger partial charge in [0.25, 0.3) is 0 Å². The topological polar surface area (TPSA) is 22.4 Å². The summed E-state index contributed by atoms with van der Waals surface area (Å²) in [4.78, 5) is 0. The van der Waals surface area contributed by atoms with Crippen LogP contribution in [0.5, 0.6) is 5.75 Å². The van der Waals surface area contributed by atoms with Gasteiger partial charge in [0.15, 0.2) is 23.0 Å². The fraction of sp³-hybridized carbons (Fsp3) is 0.286. The van der Waals surface area contributed by atoms with E-state index in [1.165, 1.54) is 5.56 Å². The van der Waals surface area contributed by atoms with Gasteiger partial charge >= 0.3 is 0 Å². The highest BCUT2D eigenvalue weighted by atomic mass is 127. The summed E-state index contributed by atoms with van der Waals surface area (Å²) in [5.74, 6) is 1.91. The Kier molecular flexibility index (Phi) is 9.62. The van der Waals surface area contributed by atoms with Crippen LogP contribution in [0.25, 0.3) is 0 Å². The summed E-state index contributed by atoms with van der Waals surface area (Å²) < 4.78 is 9.85. The number of para-hydroxylation sites is 1. The van der Waals surface area contributed by atoms with Gasteiger partial charge in [-0.2, -0.15) is 0 Å². The van der Waals surface area contributed by atoms with Crippen LogP contribution in [0, 0.1) is 13.8 Å². The molecule has 2 rings (SSSR count). The van der Waals surface area contributed by atoms with Gasteiger partial charge in [0.1, 0.15) is 11.5 Å². The molecule has 0 saturated heterocycles. The average molecular weight is 346 g/mol. The molecule has 3 heteroatoms. The molecule has 2 nitrogen and oxygen atoms in total. The van der Waals surface area contributed by atoms with E-state index in [9.17, 15) is 0 Å². The highest BCUT2D eigenvalue weighted by molar-refractivity contribution is 14.1. The van der Waals surface area contributed by atoms with E-state index in [2.05, 4.69) is 0 Å². The first-order chi connectivity index (χ1) is 8.24. The molecule has 0 saturated carbocycles. The first kappa shape index (κ1) is 16.0. The second-order valence-electron chi connectivity index (χ2n) is 3.07. The number of rotatable bonds is 1. The number of benzene rings is 1. The molecule has 1 aromatic carbocycles. The van der Waals surface area contributed by atoms with Gasteiger partial charge in [-0.25, -0.2) is 0 Å². The highest BCUT2D eigenvalue weighted by Crippen LogP contribution is 2.17. The van der Waals surface area contributed by atoms with Crippen molar-refractivity contribution in [1.82, 2.24) is 0 Å². The molecule has 0 radical (unpaired) electrons. The van der Waals surface area contributed by atoms with Crippen LogP contribution < -0.4 is 3.07 Å². The lowest BCUT2D eigenvalue weighted by atomic mass is 10.2. The summed E-state index contributed by atoms with van der Waals surface area (Å²) in [6.45, 7) is 7.94. The molecule has 1 aromatic heterocycles. The Morgan fingerprint density at radius 3 is 1.94 bits per heavy atom. The third-order valence-electron chi connectivity index (χ3n) is 1.84. The predicted molar refractivity (Wildman–Crippen MR) is 80.6 cm³/mol. The lowest BCUT2D eigenvalue weighted by Gasteiger charge is -1.98. The van der Waals surface area contributed by atoms with E-state index in [-0.39, 0.29) is 0 Å². The number of hydrogen-bond acceptors (Lipinski definition) is 2. The van der Waals surface area contributed by atoms with Crippen molar-refractivity contribution in [3.05, 3.63) is 54.0 Å². The molecule has 0 fully saturated rings. The van der Waals surface area contributed by atoms with Crippen molar-refractivity contribution < 1.29 is 7.48 Å². The van der Waals surface area contributed by atoms with Crippen molar-refractivity contribution in [2.24, 2.45) is 0 Å².